The third-order valence-corrected chi connectivity index (χ3v) is 4.82. The number of hydrogen-bond acceptors (Lipinski definition) is 3. The first-order chi connectivity index (χ1) is 12.6. The van der Waals surface area contributed by atoms with Gasteiger partial charge in [-0.3, -0.25) is 9.59 Å². The molecule has 0 aliphatic heterocycles. The first kappa shape index (κ1) is 18.8. The van der Waals surface area contributed by atoms with Gasteiger partial charge in [0.05, 0.1) is 15.8 Å². The van der Waals surface area contributed by atoms with Crippen molar-refractivity contribution in [3.63, 3.8) is 0 Å². The number of amides is 1. The van der Waals surface area contributed by atoms with Crippen LogP contribution in [0.1, 0.15) is 21.5 Å². The Kier molecular flexibility index (Phi) is 4.88. The molecule has 1 N–H and O–H groups in total. The van der Waals surface area contributed by atoms with Crippen molar-refractivity contribution in [2.45, 2.75) is 19.6 Å². The Morgan fingerprint density at radius 2 is 1.93 bits per heavy atom. The van der Waals surface area contributed by atoms with Crippen LogP contribution in [0.4, 0.5) is 13.2 Å². The number of nitrogens with zero attached hydrogens (tertiary/aromatic N) is 2. The molecule has 140 valence electrons. The van der Waals surface area contributed by atoms with E-state index >= 15 is 0 Å². The van der Waals surface area contributed by atoms with Crippen LogP contribution >= 0.6 is 11.3 Å². The van der Waals surface area contributed by atoms with Crippen LogP contribution in [0.3, 0.4) is 0 Å². The minimum Gasteiger partial charge on any atom is -0.480 e. The first-order valence-electron chi connectivity index (χ1n) is 7.73. The van der Waals surface area contributed by atoms with Gasteiger partial charge in [0.15, 0.2) is 4.80 Å². The van der Waals surface area contributed by atoms with Crippen molar-refractivity contribution in [1.29, 1.82) is 0 Å². The van der Waals surface area contributed by atoms with E-state index in [0.717, 1.165) is 39.8 Å². The van der Waals surface area contributed by atoms with Gasteiger partial charge in [-0.2, -0.15) is 18.2 Å². The number of rotatable bonds is 3. The molecule has 0 radical (unpaired) electrons. The molecular formula is C18H13F3N2O3S. The van der Waals surface area contributed by atoms with Crippen molar-refractivity contribution < 1.29 is 27.9 Å². The third kappa shape index (κ3) is 4.08. The van der Waals surface area contributed by atoms with E-state index < -0.39 is 30.2 Å². The highest BCUT2D eigenvalue weighted by Crippen LogP contribution is 2.29. The molecule has 1 aromatic heterocycles. The lowest BCUT2D eigenvalue weighted by Gasteiger charge is -2.06. The van der Waals surface area contributed by atoms with Crippen LogP contribution in [0.25, 0.3) is 10.2 Å². The second-order valence-electron chi connectivity index (χ2n) is 5.83. The summed E-state index contributed by atoms with van der Waals surface area (Å²) in [6.45, 7) is 1.42. The molecule has 0 unspecified atom stereocenters. The summed E-state index contributed by atoms with van der Waals surface area (Å²) in [6.07, 6.45) is -4.57. The van der Waals surface area contributed by atoms with Gasteiger partial charge >= 0.3 is 12.1 Å². The molecule has 1 amide bonds. The van der Waals surface area contributed by atoms with E-state index in [1.165, 1.54) is 10.6 Å². The minimum atomic E-state index is -4.57. The molecule has 0 aliphatic carbocycles. The SMILES string of the molecule is Cc1ccc2sc(=NC(=O)c3cccc(C(F)(F)F)c3)n(CC(=O)O)c2c1. The fourth-order valence-electron chi connectivity index (χ4n) is 2.53. The van der Waals surface area contributed by atoms with E-state index in [2.05, 4.69) is 4.99 Å². The molecule has 3 aromatic rings. The summed E-state index contributed by atoms with van der Waals surface area (Å²) >= 11 is 1.10. The molecule has 27 heavy (non-hydrogen) atoms. The summed E-state index contributed by atoms with van der Waals surface area (Å²) in [7, 11) is 0. The number of carbonyl (C=O) groups is 2. The number of aromatic nitrogens is 1. The number of halogens is 3. The van der Waals surface area contributed by atoms with Gasteiger partial charge in [-0.1, -0.05) is 23.5 Å². The summed E-state index contributed by atoms with van der Waals surface area (Å²) in [5.41, 5.74) is 0.322. The fraction of sp³-hybridized carbons (Fsp3) is 0.167. The van der Waals surface area contributed by atoms with Gasteiger partial charge in [-0.15, -0.1) is 0 Å². The van der Waals surface area contributed by atoms with Crippen LogP contribution < -0.4 is 4.80 Å². The number of fused-ring (bicyclic) bond motifs is 1. The summed E-state index contributed by atoms with van der Waals surface area (Å²) in [5, 5.41) is 9.15. The number of alkyl halides is 3. The Morgan fingerprint density at radius 3 is 2.59 bits per heavy atom. The molecule has 9 heteroatoms. The maximum absolute atomic E-state index is 12.8. The van der Waals surface area contributed by atoms with Crippen molar-refractivity contribution in [2.75, 3.05) is 0 Å². The smallest absolute Gasteiger partial charge is 0.416 e. The molecule has 0 bridgehead atoms. The number of carboxylic acids is 1. The van der Waals surface area contributed by atoms with Crippen molar-refractivity contribution >= 4 is 33.4 Å². The Hall–Kier alpha value is -2.94. The highest BCUT2D eigenvalue weighted by molar-refractivity contribution is 7.16. The molecule has 0 aliphatic rings. The van der Waals surface area contributed by atoms with Crippen molar-refractivity contribution in [3.05, 3.63) is 64.0 Å². The molecule has 5 nitrogen and oxygen atoms in total. The molecule has 0 fully saturated rings. The number of thiazole rings is 1. The monoisotopic (exact) mass is 394 g/mol. The summed E-state index contributed by atoms with van der Waals surface area (Å²) in [5.74, 6) is -1.99. The third-order valence-electron chi connectivity index (χ3n) is 3.76. The number of aryl methyl sites for hydroxylation is 1. The van der Waals surface area contributed by atoms with Crippen molar-refractivity contribution in [2.24, 2.45) is 4.99 Å². The maximum Gasteiger partial charge on any atom is 0.416 e. The summed E-state index contributed by atoms with van der Waals surface area (Å²) in [6, 6.07) is 9.34. The predicted octanol–water partition coefficient (Wildman–Crippen LogP) is 3.86. The standard InChI is InChI=1S/C18H13F3N2O3S/c1-10-5-6-14-13(7-10)23(9-15(24)25)17(27-14)22-16(26)11-3-2-4-12(8-11)18(19,20)21/h2-8H,9H2,1H3,(H,24,25). The summed E-state index contributed by atoms with van der Waals surface area (Å²) < 4.78 is 40.6. The Bertz CT molecular complexity index is 1110. The zero-order valence-corrected chi connectivity index (χ0v) is 14.8. The van der Waals surface area contributed by atoms with E-state index in [4.69, 9.17) is 5.11 Å². The molecule has 2 aromatic carbocycles. The molecule has 0 saturated heterocycles. The lowest BCUT2D eigenvalue weighted by atomic mass is 10.1. The number of hydrogen-bond donors (Lipinski definition) is 1. The van der Waals surface area contributed by atoms with Crippen LogP contribution in [0.2, 0.25) is 0 Å². The van der Waals surface area contributed by atoms with Crippen molar-refractivity contribution in [1.82, 2.24) is 4.57 Å². The van der Waals surface area contributed by atoms with Crippen LogP contribution in [-0.2, 0) is 17.5 Å². The second kappa shape index (κ2) is 6.99. The number of carbonyl (C=O) groups excluding carboxylic acids is 1. The topological polar surface area (TPSA) is 71.7 Å². The van der Waals surface area contributed by atoms with Gasteiger partial charge in [0, 0.05) is 5.56 Å². The quantitative estimate of drug-likeness (QED) is 0.733. The number of aliphatic carboxylic acids is 1. The van der Waals surface area contributed by atoms with E-state index in [0.29, 0.717) is 5.52 Å². The maximum atomic E-state index is 12.8. The molecule has 0 atom stereocenters. The molecule has 0 saturated carbocycles. The van der Waals surface area contributed by atoms with Crippen molar-refractivity contribution in [3.8, 4) is 0 Å². The average molecular weight is 394 g/mol. The zero-order valence-electron chi connectivity index (χ0n) is 13.9. The van der Waals surface area contributed by atoms with Crippen LogP contribution in [0.15, 0.2) is 47.5 Å². The largest absolute Gasteiger partial charge is 0.480 e. The van der Waals surface area contributed by atoms with Gasteiger partial charge in [-0.25, -0.2) is 0 Å². The van der Waals surface area contributed by atoms with Gasteiger partial charge in [0.1, 0.15) is 6.54 Å². The lowest BCUT2D eigenvalue weighted by molar-refractivity contribution is -0.138. The first-order valence-corrected chi connectivity index (χ1v) is 8.55. The van der Waals surface area contributed by atoms with Gasteiger partial charge in [0.2, 0.25) is 0 Å². The number of carboxylic acid groups (broad SMARTS) is 1. The lowest BCUT2D eigenvalue weighted by Crippen LogP contribution is -2.21. The summed E-state index contributed by atoms with van der Waals surface area (Å²) in [4.78, 5) is 27.6. The average Bonchev–Trinajstić information content (AvgIpc) is 2.90. The van der Waals surface area contributed by atoms with Gasteiger partial charge < -0.3 is 9.67 Å². The highest BCUT2D eigenvalue weighted by Gasteiger charge is 2.30. The van der Waals surface area contributed by atoms with Gasteiger partial charge in [-0.05, 0) is 42.8 Å². The highest BCUT2D eigenvalue weighted by atomic mass is 32.1. The predicted molar refractivity (Wildman–Crippen MR) is 93.5 cm³/mol. The number of benzene rings is 2. The molecule has 0 spiro atoms. The van der Waals surface area contributed by atoms with E-state index in [1.54, 1.807) is 12.1 Å². The zero-order chi connectivity index (χ0) is 19.8. The van der Waals surface area contributed by atoms with Crippen LogP contribution in [0.5, 0.6) is 0 Å². The molecular weight excluding hydrogens is 381 g/mol. The van der Waals surface area contributed by atoms with Gasteiger partial charge in [0.25, 0.3) is 5.91 Å². The van der Waals surface area contributed by atoms with E-state index in [9.17, 15) is 22.8 Å². The fourth-order valence-corrected chi connectivity index (χ4v) is 3.54. The molecule has 1 heterocycles. The Morgan fingerprint density at radius 1 is 1.19 bits per heavy atom. The Balaban J connectivity index is 2.12. The van der Waals surface area contributed by atoms with E-state index in [1.807, 2.05) is 13.0 Å². The van der Waals surface area contributed by atoms with Crippen LogP contribution in [-0.4, -0.2) is 21.6 Å². The Labute approximate surface area is 155 Å². The van der Waals surface area contributed by atoms with Crippen LogP contribution in [0, 0.1) is 6.92 Å². The molecule has 3 rings (SSSR count). The second-order valence-corrected chi connectivity index (χ2v) is 6.84. The minimum absolute atomic E-state index is 0.111. The van der Waals surface area contributed by atoms with E-state index in [-0.39, 0.29) is 10.4 Å². The normalized spacial score (nSPS) is 12.5.